The maximum atomic E-state index is 13.6. The van der Waals surface area contributed by atoms with Gasteiger partial charge in [-0.2, -0.15) is 0 Å². The van der Waals surface area contributed by atoms with Crippen molar-refractivity contribution in [3.8, 4) is 0 Å². The number of carbonyl (C=O) groups is 5. The molecule has 2 saturated heterocycles. The zero-order chi connectivity index (χ0) is 46.4. The minimum atomic E-state index is -1.94. The van der Waals surface area contributed by atoms with Crippen molar-refractivity contribution in [2.75, 3.05) is 19.8 Å². The van der Waals surface area contributed by atoms with Crippen LogP contribution in [0.3, 0.4) is 0 Å². The lowest BCUT2D eigenvalue weighted by Crippen LogP contribution is -2.68. The highest BCUT2D eigenvalue weighted by Crippen LogP contribution is 2.39. The number of benzene rings is 3. The topological polar surface area (TPSA) is 190 Å². The molecule has 3 aromatic rings. The van der Waals surface area contributed by atoms with Gasteiger partial charge in [-0.05, 0) is 30.2 Å². The van der Waals surface area contributed by atoms with Crippen molar-refractivity contribution in [2.45, 2.75) is 117 Å². The van der Waals surface area contributed by atoms with Crippen LogP contribution in [-0.2, 0) is 79.8 Å². The van der Waals surface area contributed by atoms with E-state index in [1.54, 1.807) is 0 Å². The molecule has 3 aromatic carbocycles. The number of alkyl carbamates (subject to hydrolysis) is 1. The summed E-state index contributed by atoms with van der Waals surface area (Å²) in [6.07, 6.45) is -12.2. The molecule has 1 amide bonds. The summed E-state index contributed by atoms with van der Waals surface area (Å²) in [5.74, 6) is -3.19. The summed E-state index contributed by atoms with van der Waals surface area (Å²) in [5.41, 5.74) is 1.67. The molecule has 348 valence electrons. The van der Waals surface area contributed by atoms with Crippen molar-refractivity contribution >= 4 is 76.5 Å². The predicted octanol–water partition coefficient (Wildman–Crippen LogP) is 6.55. The molecule has 64 heavy (non-hydrogen) atoms. The third-order valence-electron chi connectivity index (χ3n) is 9.49. The van der Waals surface area contributed by atoms with Crippen molar-refractivity contribution in [1.29, 1.82) is 0 Å². The molecule has 0 aromatic heterocycles. The van der Waals surface area contributed by atoms with Crippen molar-refractivity contribution in [1.82, 2.24) is 5.32 Å². The number of hydrogen-bond acceptors (Lipinski definition) is 16. The normalized spacial score (nSPS) is 25.6. The van der Waals surface area contributed by atoms with Crippen LogP contribution in [0.25, 0.3) is 0 Å². The summed E-state index contributed by atoms with van der Waals surface area (Å²) in [6.45, 7) is 5.32. The summed E-state index contributed by atoms with van der Waals surface area (Å²) in [6, 6.07) is 25.1. The van der Waals surface area contributed by atoms with Gasteiger partial charge in [0.05, 0.1) is 25.9 Å². The largest absolute Gasteiger partial charge is 0.463 e. The van der Waals surface area contributed by atoms with Crippen LogP contribution in [0.1, 0.15) is 44.4 Å². The van der Waals surface area contributed by atoms with Gasteiger partial charge in [0.15, 0.2) is 24.6 Å². The average Bonchev–Trinajstić information content (AvgIpc) is 3.23. The molecule has 5 rings (SSSR count). The minimum absolute atomic E-state index is 0.0230. The molecule has 0 spiro atoms. The number of alkyl halides is 3. The number of aryl methyl sites for hydroxylation is 1. The first-order chi connectivity index (χ1) is 30.4. The summed E-state index contributed by atoms with van der Waals surface area (Å²) in [5, 5.41) is 2.84. The monoisotopic (exact) mass is 969 g/mol. The van der Waals surface area contributed by atoms with Crippen LogP contribution in [0.2, 0.25) is 0 Å². The molecule has 2 fully saturated rings. The van der Waals surface area contributed by atoms with Crippen LogP contribution in [0.4, 0.5) is 4.79 Å². The molecule has 0 radical (unpaired) electrons. The Morgan fingerprint density at radius 3 is 1.78 bits per heavy atom. The lowest BCUT2D eigenvalue weighted by Gasteiger charge is -2.49. The summed E-state index contributed by atoms with van der Waals surface area (Å²) in [7, 11) is 0. The second-order valence-corrected chi connectivity index (χ2v) is 18.5. The van der Waals surface area contributed by atoms with E-state index in [-0.39, 0.29) is 19.8 Å². The highest BCUT2D eigenvalue weighted by Gasteiger charge is 2.56. The Morgan fingerprint density at radius 2 is 1.20 bits per heavy atom. The van der Waals surface area contributed by atoms with Crippen LogP contribution in [0.15, 0.2) is 89.8 Å². The average molecular weight is 971 g/mol. The zero-order valence-electron chi connectivity index (χ0n) is 35.6. The molecule has 0 bridgehead atoms. The van der Waals surface area contributed by atoms with E-state index in [1.165, 1.54) is 11.8 Å². The summed E-state index contributed by atoms with van der Waals surface area (Å²) < 4.78 is 58.7. The van der Waals surface area contributed by atoms with E-state index in [2.05, 4.69) is 5.32 Å². The van der Waals surface area contributed by atoms with Gasteiger partial charge in [-0.3, -0.25) is 19.2 Å². The quantitative estimate of drug-likeness (QED) is 0.0820. The van der Waals surface area contributed by atoms with E-state index in [0.717, 1.165) is 49.3 Å². The SMILES string of the molecule is CC(=O)OC[C@H]1O[C@@H](O[C@H]2[C@H](OCc3ccccc3)[C@@H](NC(=O)OCC(Cl)(Cl)Cl)[C@H](Sc3ccc(C)cc3)O[C@@H]2COCc2ccccc2)[C@H](OC(C)=O)[C@@H](OC(C)=O)[C@H]1OC(C)=O. The molecule has 20 heteroatoms. The Balaban J connectivity index is 1.64. The molecule has 2 aliphatic rings. The molecule has 0 aliphatic carbocycles. The number of halogens is 3. The fourth-order valence-corrected chi connectivity index (χ4v) is 8.11. The van der Waals surface area contributed by atoms with Gasteiger partial charge in [-0.25, -0.2) is 4.79 Å². The molecule has 2 aliphatic heterocycles. The first-order valence-corrected chi connectivity index (χ1v) is 22.1. The number of thioether (sulfide) groups is 1. The Kier molecular flexibility index (Phi) is 19.4. The second kappa shape index (κ2) is 24.4. The van der Waals surface area contributed by atoms with Gasteiger partial charge >= 0.3 is 30.0 Å². The van der Waals surface area contributed by atoms with Gasteiger partial charge in [0.25, 0.3) is 0 Å². The maximum Gasteiger partial charge on any atom is 0.407 e. The summed E-state index contributed by atoms with van der Waals surface area (Å²) >= 11 is 19.1. The fourth-order valence-electron chi connectivity index (χ4n) is 6.82. The van der Waals surface area contributed by atoms with Gasteiger partial charge in [0.2, 0.25) is 3.79 Å². The van der Waals surface area contributed by atoms with Crippen molar-refractivity contribution in [3.05, 3.63) is 102 Å². The Hall–Kier alpha value is -4.17. The van der Waals surface area contributed by atoms with Crippen LogP contribution in [0, 0.1) is 6.92 Å². The molecule has 2 heterocycles. The van der Waals surface area contributed by atoms with Gasteiger partial charge in [-0.1, -0.05) is 125 Å². The van der Waals surface area contributed by atoms with E-state index in [1.807, 2.05) is 91.9 Å². The number of ether oxygens (including phenoxy) is 10. The van der Waals surface area contributed by atoms with Gasteiger partial charge < -0.3 is 52.7 Å². The third kappa shape index (κ3) is 16.1. The molecular weight excluding hydrogens is 921 g/mol. The van der Waals surface area contributed by atoms with E-state index >= 15 is 0 Å². The first-order valence-electron chi connectivity index (χ1n) is 20.1. The van der Waals surface area contributed by atoms with Crippen molar-refractivity contribution in [3.63, 3.8) is 0 Å². The molecule has 10 atom stereocenters. The first kappa shape index (κ1) is 50.8. The smallest absolute Gasteiger partial charge is 0.407 e. The molecule has 16 nitrogen and oxygen atoms in total. The maximum absolute atomic E-state index is 13.6. The second-order valence-electron chi connectivity index (χ2n) is 14.8. The third-order valence-corrected chi connectivity index (χ3v) is 11.0. The van der Waals surface area contributed by atoms with E-state index < -0.39 is 107 Å². The Bertz CT molecular complexity index is 2000. The van der Waals surface area contributed by atoms with Crippen LogP contribution in [0.5, 0.6) is 0 Å². The van der Waals surface area contributed by atoms with E-state index in [0.29, 0.717) is 0 Å². The molecule has 1 N–H and O–H groups in total. The minimum Gasteiger partial charge on any atom is -0.463 e. The number of esters is 4. The lowest BCUT2D eigenvalue weighted by atomic mass is 9.95. The number of rotatable bonds is 18. The fraction of sp³-hybridized carbons (Fsp3) is 0.477. The molecular formula is C44H50Cl3NO15S. The van der Waals surface area contributed by atoms with Crippen LogP contribution >= 0.6 is 46.6 Å². The van der Waals surface area contributed by atoms with Gasteiger partial charge in [-0.15, -0.1) is 0 Å². The number of carbonyl (C=O) groups excluding carboxylic acids is 5. The molecule has 0 saturated carbocycles. The van der Waals surface area contributed by atoms with Gasteiger partial charge in [0, 0.05) is 32.6 Å². The zero-order valence-corrected chi connectivity index (χ0v) is 38.6. The van der Waals surface area contributed by atoms with Gasteiger partial charge in [0.1, 0.15) is 43.1 Å². The standard InChI is InChI=1S/C44H50Cl3NO15S/c1-25-16-18-32(19-17-25)64-42-35(48-43(53)57-24-44(45,46)47)38(56-21-31-14-10-7-11-15-31)36(33(62-42)22-54-20-30-12-8-6-9-13-30)63-41-40(60-29(5)52)39(59-28(4)51)37(58-27(3)50)34(61-41)23-55-26(2)49/h6-19,33-42H,20-24H2,1-5H3,(H,48,53)/t33-,34-,35-,36-,37+,38-,39+,40-,41+,42+/m1/s1. The van der Waals surface area contributed by atoms with Crippen molar-refractivity contribution < 1.29 is 71.3 Å². The highest BCUT2D eigenvalue weighted by molar-refractivity contribution is 7.99. The van der Waals surface area contributed by atoms with Crippen LogP contribution in [-0.4, -0.2) is 114 Å². The number of amides is 1. The highest BCUT2D eigenvalue weighted by atomic mass is 35.6. The van der Waals surface area contributed by atoms with E-state index in [4.69, 9.17) is 82.2 Å². The van der Waals surface area contributed by atoms with Crippen molar-refractivity contribution in [2.24, 2.45) is 0 Å². The molecule has 0 unspecified atom stereocenters. The number of hydrogen-bond donors (Lipinski definition) is 1. The predicted molar refractivity (Wildman–Crippen MR) is 232 cm³/mol. The lowest BCUT2D eigenvalue weighted by molar-refractivity contribution is -0.339. The Labute approximate surface area is 390 Å². The number of nitrogens with one attached hydrogen (secondary N) is 1. The summed E-state index contributed by atoms with van der Waals surface area (Å²) in [4.78, 5) is 64.4. The van der Waals surface area contributed by atoms with Crippen LogP contribution < -0.4 is 5.32 Å². The van der Waals surface area contributed by atoms with E-state index in [9.17, 15) is 24.0 Å². The Morgan fingerprint density at radius 1 is 0.641 bits per heavy atom.